The zero-order valence-corrected chi connectivity index (χ0v) is 10.9. The van der Waals surface area contributed by atoms with Crippen molar-refractivity contribution in [1.82, 2.24) is 10.6 Å². The zero-order valence-electron chi connectivity index (χ0n) is 10.0. The Labute approximate surface area is 105 Å². The van der Waals surface area contributed by atoms with Gasteiger partial charge in [-0.05, 0) is 31.6 Å². The van der Waals surface area contributed by atoms with Gasteiger partial charge in [-0.2, -0.15) is 0 Å². The summed E-state index contributed by atoms with van der Waals surface area (Å²) < 4.78 is 5.37. The van der Waals surface area contributed by atoms with Crippen LogP contribution in [0.5, 0.6) is 0 Å². The Balaban J connectivity index is 1.88. The first-order valence-corrected chi connectivity index (χ1v) is 6.75. The predicted molar refractivity (Wildman–Crippen MR) is 68.6 cm³/mol. The molecular weight excluding hydrogens is 236 g/mol. The van der Waals surface area contributed by atoms with Crippen LogP contribution in [-0.4, -0.2) is 32.7 Å². The van der Waals surface area contributed by atoms with Crippen LogP contribution in [0.25, 0.3) is 0 Å². The van der Waals surface area contributed by atoms with Crippen molar-refractivity contribution in [2.45, 2.75) is 19.4 Å². The smallest absolute Gasteiger partial charge is 0.261 e. The van der Waals surface area contributed by atoms with Gasteiger partial charge in [0.05, 0.1) is 18.1 Å². The molecule has 0 atom stereocenters. The molecule has 1 aliphatic heterocycles. The number of carbonyl (C=O) groups is 1. The molecule has 94 valence electrons. The van der Waals surface area contributed by atoms with Crippen molar-refractivity contribution in [1.29, 1.82) is 0 Å². The van der Waals surface area contributed by atoms with E-state index in [2.05, 4.69) is 10.6 Å². The van der Waals surface area contributed by atoms with Crippen LogP contribution < -0.4 is 10.6 Å². The Bertz CT molecular complexity index is 366. The molecule has 0 fully saturated rings. The lowest BCUT2D eigenvalue weighted by Crippen LogP contribution is -2.25. The van der Waals surface area contributed by atoms with Gasteiger partial charge in [-0.15, -0.1) is 11.3 Å². The Hall–Kier alpha value is -0.910. The fourth-order valence-corrected chi connectivity index (χ4v) is 2.88. The van der Waals surface area contributed by atoms with Crippen molar-refractivity contribution < 1.29 is 9.53 Å². The van der Waals surface area contributed by atoms with E-state index in [1.54, 1.807) is 11.3 Å². The first kappa shape index (κ1) is 12.5. The normalized spacial score (nSPS) is 14.4. The van der Waals surface area contributed by atoms with Gasteiger partial charge in [-0.3, -0.25) is 4.79 Å². The van der Waals surface area contributed by atoms with Crippen LogP contribution in [0.15, 0.2) is 6.07 Å². The fourth-order valence-electron chi connectivity index (χ4n) is 1.81. The number of hydrogen-bond acceptors (Lipinski definition) is 4. The first-order chi connectivity index (χ1) is 8.31. The Morgan fingerprint density at radius 3 is 3.18 bits per heavy atom. The lowest BCUT2D eigenvalue weighted by Gasteiger charge is -2.10. The van der Waals surface area contributed by atoms with Crippen LogP contribution in [0, 0.1) is 0 Å². The summed E-state index contributed by atoms with van der Waals surface area (Å²) in [6, 6.07) is 1.96. The minimum absolute atomic E-state index is 0.0421. The summed E-state index contributed by atoms with van der Waals surface area (Å²) in [5.41, 5.74) is 1.18. The van der Waals surface area contributed by atoms with E-state index in [0.717, 1.165) is 37.4 Å². The van der Waals surface area contributed by atoms with E-state index in [1.165, 1.54) is 10.4 Å². The van der Waals surface area contributed by atoms with Crippen molar-refractivity contribution in [2.24, 2.45) is 0 Å². The minimum atomic E-state index is 0.0421. The summed E-state index contributed by atoms with van der Waals surface area (Å²) >= 11 is 1.60. The summed E-state index contributed by atoms with van der Waals surface area (Å²) in [6.45, 7) is 3.07. The summed E-state index contributed by atoms with van der Waals surface area (Å²) in [5, 5.41) is 5.99. The SMILES string of the molecule is CNCCCNC(=O)c1cc2c(s1)CCOC2. The second-order valence-corrected chi connectivity index (χ2v) is 5.21. The number of ether oxygens (including phenoxy) is 1. The molecular formula is C12H18N2O2S. The van der Waals surface area contributed by atoms with Crippen molar-refractivity contribution in [2.75, 3.05) is 26.7 Å². The lowest BCUT2D eigenvalue weighted by molar-refractivity contribution is 0.0957. The number of carbonyl (C=O) groups excluding carboxylic acids is 1. The third-order valence-electron chi connectivity index (χ3n) is 2.74. The zero-order chi connectivity index (χ0) is 12.1. The number of rotatable bonds is 5. The van der Waals surface area contributed by atoms with Gasteiger partial charge >= 0.3 is 0 Å². The van der Waals surface area contributed by atoms with Gasteiger partial charge in [-0.25, -0.2) is 0 Å². The van der Waals surface area contributed by atoms with Gasteiger partial charge < -0.3 is 15.4 Å². The summed E-state index contributed by atoms with van der Waals surface area (Å²) in [6.07, 6.45) is 1.89. The fraction of sp³-hybridized carbons (Fsp3) is 0.583. The monoisotopic (exact) mass is 254 g/mol. The standard InChI is InChI=1S/C12H18N2O2S/c1-13-4-2-5-14-12(15)11-7-9-8-16-6-3-10(9)17-11/h7,13H,2-6,8H2,1H3,(H,14,15). The summed E-state index contributed by atoms with van der Waals surface area (Å²) in [4.78, 5) is 14.0. The first-order valence-electron chi connectivity index (χ1n) is 5.93. The van der Waals surface area contributed by atoms with Crippen LogP contribution in [0.2, 0.25) is 0 Å². The molecule has 0 radical (unpaired) electrons. The van der Waals surface area contributed by atoms with Crippen molar-refractivity contribution in [3.63, 3.8) is 0 Å². The van der Waals surface area contributed by atoms with Crippen molar-refractivity contribution in [3.05, 3.63) is 21.4 Å². The van der Waals surface area contributed by atoms with Gasteiger partial charge in [0.2, 0.25) is 0 Å². The third-order valence-corrected chi connectivity index (χ3v) is 3.98. The molecule has 1 aromatic rings. The summed E-state index contributed by atoms with van der Waals surface area (Å²) in [5.74, 6) is 0.0421. The Morgan fingerprint density at radius 1 is 1.53 bits per heavy atom. The number of amides is 1. The number of thiophene rings is 1. The quantitative estimate of drug-likeness (QED) is 0.775. The lowest BCUT2D eigenvalue weighted by atomic mass is 10.2. The highest BCUT2D eigenvalue weighted by Gasteiger charge is 2.17. The van der Waals surface area contributed by atoms with Crippen LogP contribution in [-0.2, 0) is 17.8 Å². The van der Waals surface area contributed by atoms with Gasteiger partial charge in [0.15, 0.2) is 0 Å². The molecule has 17 heavy (non-hydrogen) atoms. The van der Waals surface area contributed by atoms with Gasteiger partial charge in [-0.1, -0.05) is 0 Å². The maximum absolute atomic E-state index is 11.9. The number of hydrogen-bond donors (Lipinski definition) is 2. The van der Waals surface area contributed by atoms with E-state index in [1.807, 2.05) is 13.1 Å². The molecule has 4 nitrogen and oxygen atoms in total. The second kappa shape index (κ2) is 6.14. The highest BCUT2D eigenvalue weighted by atomic mass is 32.1. The largest absolute Gasteiger partial charge is 0.376 e. The molecule has 0 saturated carbocycles. The Morgan fingerprint density at radius 2 is 2.41 bits per heavy atom. The molecule has 0 saturated heterocycles. The topological polar surface area (TPSA) is 50.4 Å². The highest BCUT2D eigenvalue weighted by Crippen LogP contribution is 2.26. The maximum Gasteiger partial charge on any atom is 0.261 e. The van der Waals surface area contributed by atoms with E-state index < -0.39 is 0 Å². The molecule has 0 aliphatic carbocycles. The van der Waals surface area contributed by atoms with Crippen molar-refractivity contribution in [3.8, 4) is 0 Å². The van der Waals surface area contributed by atoms with Gasteiger partial charge in [0.1, 0.15) is 0 Å². The van der Waals surface area contributed by atoms with E-state index in [0.29, 0.717) is 6.61 Å². The van der Waals surface area contributed by atoms with Crippen LogP contribution in [0.4, 0.5) is 0 Å². The number of fused-ring (bicyclic) bond motifs is 1. The molecule has 1 aromatic heterocycles. The molecule has 0 spiro atoms. The molecule has 0 unspecified atom stereocenters. The minimum Gasteiger partial charge on any atom is -0.376 e. The molecule has 2 rings (SSSR count). The molecule has 1 amide bonds. The number of nitrogens with one attached hydrogen (secondary N) is 2. The molecule has 2 heterocycles. The highest BCUT2D eigenvalue weighted by molar-refractivity contribution is 7.14. The molecule has 2 N–H and O–H groups in total. The van der Waals surface area contributed by atoms with E-state index in [9.17, 15) is 4.79 Å². The molecule has 1 aliphatic rings. The maximum atomic E-state index is 11.9. The van der Waals surface area contributed by atoms with Gasteiger partial charge in [0.25, 0.3) is 5.91 Å². The van der Waals surface area contributed by atoms with Crippen molar-refractivity contribution >= 4 is 17.2 Å². The predicted octanol–water partition coefficient (Wildman–Crippen LogP) is 1.16. The molecule has 5 heteroatoms. The average molecular weight is 254 g/mol. The molecule has 0 aromatic carbocycles. The third kappa shape index (κ3) is 3.28. The second-order valence-electron chi connectivity index (χ2n) is 4.07. The van der Waals surface area contributed by atoms with E-state index in [-0.39, 0.29) is 5.91 Å². The van der Waals surface area contributed by atoms with E-state index >= 15 is 0 Å². The van der Waals surface area contributed by atoms with Gasteiger partial charge in [0, 0.05) is 17.8 Å². The summed E-state index contributed by atoms with van der Waals surface area (Å²) in [7, 11) is 1.91. The van der Waals surface area contributed by atoms with Crippen LogP contribution in [0.1, 0.15) is 26.5 Å². The Kier molecular flexibility index (Phi) is 4.53. The van der Waals surface area contributed by atoms with Crippen LogP contribution >= 0.6 is 11.3 Å². The van der Waals surface area contributed by atoms with E-state index in [4.69, 9.17) is 4.74 Å². The van der Waals surface area contributed by atoms with Crippen LogP contribution in [0.3, 0.4) is 0 Å². The average Bonchev–Trinajstić information content (AvgIpc) is 2.78. The molecule has 0 bridgehead atoms.